The Morgan fingerprint density at radius 2 is 2.24 bits per heavy atom. The van der Waals surface area contributed by atoms with Gasteiger partial charge in [0.15, 0.2) is 0 Å². The van der Waals surface area contributed by atoms with Gasteiger partial charge in [-0.15, -0.1) is 0 Å². The van der Waals surface area contributed by atoms with Gasteiger partial charge in [0.1, 0.15) is 11.9 Å². The number of halogens is 1. The molecule has 0 radical (unpaired) electrons. The largest absolute Gasteiger partial charge is 0.488 e. The number of aryl methyl sites for hydroxylation is 1. The summed E-state index contributed by atoms with van der Waals surface area (Å²) in [5, 5.41) is 4.19. The van der Waals surface area contributed by atoms with Gasteiger partial charge in [0.2, 0.25) is 0 Å². The van der Waals surface area contributed by atoms with Gasteiger partial charge in [-0.25, -0.2) is 0 Å². The van der Waals surface area contributed by atoms with Crippen LogP contribution in [0.4, 0.5) is 0 Å². The topological polar surface area (TPSA) is 21.3 Å². The first-order chi connectivity index (χ1) is 8.19. The Morgan fingerprint density at radius 3 is 2.82 bits per heavy atom. The quantitative estimate of drug-likeness (QED) is 0.837. The lowest BCUT2D eigenvalue weighted by molar-refractivity contribution is 0.193. The van der Waals surface area contributed by atoms with Crippen LogP contribution >= 0.6 is 11.6 Å². The molecule has 1 aliphatic rings. The third-order valence-electron chi connectivity index (χ3n) is 3.05. The number of ether oxygens (including phenoxy) is 1. The first-order valence-corrected chi connectivity index (χ1v) is 6.73. The first kappa shape index (κ1) is 12.7. The Balaban J connectivity index is 1.91. The summed E-state index contributed by atoms with van der Waals surface area (Å²) in [6.45, 7) is 5.08. The van der Waals surface area contributed by atoms with Gasteiger partial charge in [-0.1, -0.05) is 24.6 Å². The lowest BCUT2D eigenvalue weighted by atomic mass is 10.2. The maximum atomic E-state index is 6.16. The fourth-order valence-corrected chi connectivity index (χ4v) is 2.02. The van der Waals surface area contributed by atoms with Crippen molar-refractivity contribution in [2.75, 3.05) is 6.54 Å². The molecular formula is C14H20ClNO. The summed E-state index contributed by atoms with van der Waals surface area (Å²) in [6.07, 6.45) is 3.81. The Morgan fingerprint density at radius 1 is 1.47 bits per heavy atom. The Kier molecular flexibility index (Phi) is 4.30. The normalized spacial score (nSPS) is 16.9. The molecule has 0 saturated heterocycles. The Bertz CT molecular complexity index is 376. The van der Waals surface area contributed by atoms with Gasteiger partial charge < -0.3 is 10.1 Å². The maximum absolute atomic E-state index is 6.16. The molecule has 94 valence electrons. The average Bonchev–Trinajstić information content (AvgIpc) is 3.11. The van der Waals surface area contributed by atoms with E-state index in [4.69, 9.17) is 16.3 Å². The second-order valence-electron chi connectivity index (χ2n) is 4.76. The predicted molar refractivity (Wildman–Crippen MR) is 71.9 cm³/mol. The molecule has 2 rings (SSSR count). The van der Waals surface area contributed by atoms with E-state index in [1.54, 1.807) is 0 Å². The van der Waals surface area contributed by atoms with Crippen molar-refractivity contribution in [1.82, 2.24) is 5.32 Å². The molecule has 0 amide bonds. The lowest BCUT2D eigenvalue weighted by Crippen LogP contribution is -2.32. The summed E-state index contributed by atoms with van der Waals surface area (Å²) >= 11 is 6.16. The minimum absolute atomic E-state index is 0.204. The van der Waals surface area contributed by atoms with E-state index in [1.807, 2.05) is 25.1 Å². The van der Waals surface area contributed by atoms with Crippen LogP contribution in [0.2, 0.25) is 5.02 Å². The van der Waals surface area contributed by atoms with E-state index >= 15 is 0 Å². The smallest absolute Gasteiger partial charge is 0.138 e. The molecule has 1 fully saturated rings. The molecule has 17 heavy (non-hydrogen) atoms. The molecular weight excluding hydrogens is 234 g/mol. The summed E-state index contributed by atoms with van der Waals surface area (Å²) < 4.78 is 5.93. The van der Waals surface area contributed by atoms with Crippen molar-refractivity contribution < 1.29 is 4.74 Å². The van der Waals surface area contributed by atoms with Gasteiger partial charge in [0, 0.05) is 12.6 Å². The monoisotopic (exact) mass is 253 g/mol. The van der Waals surface area contributed by atoms with Crippen molar-refractivity contribution in [2.45, 2.75) is 45.3 Å². The average molecular weight is 254 g/mol. The van der Waals surface area contributed by atoms with Crippen molar-refractivity contribution in [3.63, 3.8) is 0 Å². The van der Waals surface area contributed by atoms with Crippen LogP contribution in [0.3, 0.4) is 0 Å². The molecule has 0 aromatic heterocycles. The van der Waals surface area contributed by atoms with Gasteiger partial charge in [-0.3, -0.25) is 0 Å². The Labute approximate surface area is 108 Å². The van der Waals surface area contributed by atoms with E-state index in [-0.39, 0.29) is 6.10 Å². The fourth-order valence-electron chi connectivity index (χ4n) is 1.74. The highest BCUT2D eigenvalue weighted by atomic mass is 35.5. The van der Waals surface area contributed by atoms with Crippen LogP contribution in [-0.4, -0.2) is 18.7 Å². The number of rotatable bonds is 6. The third-order valence-corrected chi connectivity index (χ3v) is 3.34. The molecule has 1 N–H and O–H groups in total. The number of benzene rings is 1. The van der Waals surface area contributed by atoms with Crippen LogP contribution in [0.15, 0.2) is 18.2 Å². The number of hydrogen-bond acceptors (Lipinski definition) is 2. The van der Waals surface area contributed by atoms with Gasteiger partial charge >= 0.3 is 0 Å². The SMILES string of the molecule is CCC(CNC1CC1)Oc1ccc(C)cc1Cl. The van der Waals surface area contributed by atoms with E-state index in [0.29, 0.717) is 5.02 Å². The maximum Gasteiger partial charge on any atom is 0.138 e. The van der Waals surface area contributed by atoms with Crippen molar-refractivity contribution in [2.24, 2.45) is 0 Å². The van der Waals surface area contributed by atoms with Crippen LogP contribution in [0.5, 0.6) is 5.75 Å². The number of nitrogens with one attached hydrogen (secondary N) is 1. The van der Waals surface area contributed by atoms with E-state index in [9.17, 15) is 0 Å². The highest BCUT2D eigenvalue weighted by molar-refractivity contribution is 6.32. The zero-order chi connectivity index (χ0) is 12.3. The Hall–Kier alpha value is -0.730. The van der Waals surface area contributed by atoms with Crippen molar-refractivity contribution >= 4 is 11.6 Å². The van der Waals surface area contributed by atoms with E-state index in [0.717, 1.165) is 30.3 Å². The molecule has 1 aliphatic carbocycles. The molecule has 1 unspecified atom stereocenters. The molecule has 1 saturated carbocycles. The molecule has 0 spiro atoms. The van der Waals surface area contributed by atoms with Gasteiger partial charge in [-0.05, 0) is 43.9 Å². The zero-order valence-corrected chi connectivity index (χ0v) is 11.3. The minimum atomic E-state index is 0.204. The molecule has 3 heteroatoms. The van der Waals surface area contributed by atoms with Gasteiger partial charge in [0.25, 0.3) is 0 Å². The highest BCUT2D eigenvalue weighted by Gasteiger charge is 2.22. The summed E-state index contributed by atoms with van der Waals surface area (Å²) in [7, 11) is 0. The van der Waals surface area contributed by atoms with Crippen LogP contribution < -0.4 is 10.1 Å². The van der Waals surface area contributed by atoms with Crippen LogP contribution in [0.1, 0.15) is 31.7 Å². The lowest BCUT2D eigenvalue weighted by Gasteiger charge is -2.19. The zero-order valence-electron chi connectivity index (χ0n) is 10.5. The molecule has 1 aromatic carbocycles. The summed E-state index contributed by atoms with van der Waals surface area (Å²) in [6, 6.07) is 6.65. The summed E-state index contributed by atoms with van der Waals surface area (Å²) in [5.41, 5.74) is 1.16. The minimum Gasteiger partial charge on any atom is -0.488 e. The van der Waals surface area contributed by atoms with Gasteiger partial charge in [-0.2, -0.15) is 0 Å². The molecule has 0 aliphatic heterocycles. The highest BCUT2D eigenvalue weighted by Crippen LogP contribution is 2.26. The molecule has 0 bridgehead atoms. The first-order valence-electron chi connectivity index (χ1n) is 6.35. The second kappa shape index (κ2) is 5.74. The molecule has 0 heterocycles. The van der Waals surface area contributed by atoms with Crippen molar-refractivity contribution in [3.05, 3.63) is 28.8 Å². The standard InChI is InChI=1S/C14H20ClNO/c1-3-12(9-16-11-5-6-11)17-14-7-4-10(2)8-13(14)15/h4,7-8,11-12,16H,3,5-6,9H2,1-2H3. The summed E-state index contributed by atoms with van der Waals surface area (Å²) in [5.74, 6) is 0.793. The van der Waals surface area contributed by atoms with Crippen LogP contribution in [-0.2, 0) is 0 Å². The fraction of sp³-hybridized carbons (Fsp3) is 0.571. The predicted octanol–water partition coefficient (Wildman–Crippen LogP) is 3.56. The van der Waals surface area contributed by atoms with E-state index in [2.05, 4.69) is 12.2 Å². The summed E-state index contributed by atoms with van der Waals surface area (Å²) in [4.78, 5) is 0. The molecule has 1 atom stereocenters. The van der Waals surface area contributed by atoms with Crippen molar-refractivity contribution in [1.29, 1.82) is 0 Å². The van der Waals surface area contributed by atoms with E-state index in [1.165, 1.54) is 12.8 Å². The van der Waals surface area contributed by atoms with Crippen LogP contribution in [0, 0.1) is 6.92 Å². The molecule has 2 nitrogen and oxygen atoms in total. The van der Waals surface area contributed by atoms with E-state index < -0.39 is 0 Å². The van der Waals surface area contributed by atoms with Crippen molar-refractivity contribution in [3.8, 4) is 5.75 Å². The van der Waals surface area contributed by atoms with Crippen LogP contribution in [0.25, 0.3) is 0 Å². The number of hydrogen-bond donors (Lipinski definition) is 1. The second-order valence-corrected chi connectivity index (χ2v) is 5.17. The third kappa shape index (κ3) is 3.90. The van der Waals surface area contributed by atoms with Gasteiger partial charge in [0.05, 0.1) is 5.02 Å². The molecule has 1 aromatic rings.